The lowest BCUT2D eigenvalue weighted by molar-refractivity contribution is -0.124. The fourth-order valence-corrected chi connectivity index (χ4v) is 3.03. The summed E-state index contributed by atoms with van der Waals surface area (Å²) in [6, 6.07) is 1.66. The lowest BCUT2D eigenvalue weighted by Gasteiger charge is -2.04. The zero-order valence-electron chi connectivity index (χ0n) is 9.79. The maximum Gasteiger partial charge on any atom is 0.348 e. The number of hydrogen-bond acceptors (Lipinski definition) is 4. The molecule has 0 saturated carbocycles. The summed E-state index contributed by atoms with van der Waals surface area (Å²) in [4.78, 5) is 23.4. The van der Waals surface area contributed by atoms with Gasteiger partial charge in [0.15, 0.2) is 6.61 Å². The average molecular weight is 399 g/mol. The van der Waals surface area contributed by atoms with Gasteiger partial charge in [0, 0.05) is 11.0 Å². The summed E-state index contributed by atoms with van der Waals surface area (Å²) in [7, 11) is 0. The lowest BCUT2D eigenvalue weighted by atomic mass is 10.3. The van der Waals surface area contributed by atoms with Crippen molar-refractivity contribution in [3.05, 3.63) is 19.2 Å². The molecule has 0 radical (unpaired) electrons. The molecule has 0 aromatic carbocycles. The van der Waals surface area contributed by atoms with E-state index in [1.54, 1.807) is 6.07 Å². The first-order chi connectivity index (χ1) is 8.54. The van der Waals surface area contributed by atoms with Gasteiger partial charge in [-0.2, -0.15) is 0 Å². The first-order valence-corrected chi connectivity index (χ1v) is 7.83. The van der Waals surface area contributed by atoms with Gasteiger partial charge in [0.05, 0.1) is 3.79 Å². The fourth-order valence-electron chi connectivity index (χ4n) is 1.11. The predicted octanol–water partition coefficient (Wildman–Crippen LogP) is 3.35. The average Bonchev–Trinajstić information content (AvgIpc) is 2.67. The summed E-state index contributed by atoms with van der Waals surface area (Å²) in [6.45, 7) is 2.41. The van der Waals surface area contributed by atoms with Gasteiger partial charge in [-0.3, -0.25) is 4.79 Å². The normalized spacial score (nSPS) is 10.2. The van der Waals surface area contributed by atoms with Crippen molar-refractivity contribution in [3.8, 4) is 0 Å². The molecule has 1 amide bonds. The number of ether oxygens (including phenoxy) is 1. The number of nitrogens with one attached hydrogen (secondary N) is 1. The quantitative estimate of drug-likeness (QED) is 0.590. The van der Waals surface area contributed by atoms with E-state index in [0.717, 1.165) is 21.1 Å². The van der Waals surface area contributed by atoms with Crippen LogP contribution in [0.4, 0.5) is 0 Å². The van der Waals surface area contributed by atoms with Gasteiger partial charge in [0.1, 0.15) is 4.88 Å². The van der Waals surface area contributed by atoms with E-state index in [1.807, 2.05) is 6.92 Å². The molecule has 1 aromatic heterocycles. The van der Waals surface area contributed by atoms with E-state index < -0.39 is 5.97 Å². The van der Waals surface area contributed by atoms with Crippen LogP contribution in [0, 0.1) is 0 Å². The van der Waals surface area contributed by atoms with Gasteiger partial charge in [-0.05, 0) is 44.3 Å². The summed E-state index contributed by atoms with van der Waals surface area (Å²) in [5, 5.41) is 2.68. The Kier molecular flexibility index (Phi) is 6.88. The molecular formula is C11H13Br2NO3S. The Morgan fingerprint density at radius 2 is 2.17 bits per heavy atom. The number of esters is 1. The Bertz CT molecular complexity index is 414. The van der Waals surface area contributed by atoms with Crippen LogP contribution in [0.1, 0.15) is 29.4 Å². The topological polar surface area (TPSA) is 55.4 Å². The highest BCUT2D eigenvalue weighted by Crippen LogP contribution is 2.32. The van der Waals surface area contributed by atoms with Crippen molar-refractivity contribution in [2.75, 3.05) is 13.2 Å². The molecule has 0 fully saturated rings. The molecule has 0 unspecified atom stereocenters. The van der Waals surface area contributed by atoms with Crippen LogP contribution in [0.3, 0.4) is 0 Å². The molecule has 1 aromatic rings. The van der Waals surface area contributed by atoms with Crippen LogP contribution >= 0.6 is 43.2 Å². The van der Waals surface area contributed by atoms with Crippen molar-refractivity contribution >= 4 is 55.1 Å². The zero-order valence-corrected chi connectivity index (χ0v) is 13.8. The van der Waals surface area contributed by atoms with Crippen molar-refractivity contribution in [3.63, 3.8) is 0 Å². The molecule has 7 heteroatoms. The molecule has 0 bridgehead atoms. The summed E-state index contributed by atoms with van der Waals surface area (Å²) in [5.41, 5.74) is 0. The van der Waals surface area contributed by atoms with E-state index in [0.29, 0.717) is 11.4 Å². The minimum Gasteiger partial charge on any atom is -0.451 e. The summed E-state index contributed by atoms with van der Waals surface area (Å²) in [5.74, 6) is -0.761. The van der Waals surface area contributed by atoms with Crippen molar-refractivity contribution in [2.24, 2.45) is 0 Å². The van der Waals surface area contributed by atoms with Crippen LogP contribution in [-0.2, 0) is 9.53 Å². The smallest absolute Gasteiger partial charge is 0.348 e. The third-order valence-electron chi connectivity index (χ3n) is 2.03. The van der Waals surface area contributed by atoms with E-state index in [-0.39, 0.29) is 12.5 Å². The van der Waals surface area contributed by atoms with E-state index in [9.17, 15) is 9.59 Å². The maximum atomic E-state index is 11.6. The molecule has 0 atom stereocenters. The number of halogens is 2. The molecule has 0 saturated heterocycles. The van der Waals surface area contributed by atoms with Crippen molar-refractivity contribution < 1.29 is 14.3 Å². The number of rotatable bonds is 6. The highest BCUT2D eigenvalue weighted by atomic mass is 79.9. The minimum atomic E-state index is -0.489. The summed E-state index contributed by atoms with van der Waals surface area (Å²) >= 11 is 7.83. The Hall–Kier alpha value is -0.400. The Morgan fingerprint density at radius 1 is 1.44 bits per heavy atom. The number of carbonyl (C=O) groups is 2. The molecule has 1 N–H and O–H groups in total. The molecule has 1 rings (SSSR count). The number of thiophene rings is 1. The fraction of sp³-hybridized carbons (Fsp3) is 0.455. The van der Waals surface area contributed by atoms with Gasteiger partial charge in [0.2, 0.25) is 0 Å². The lowest BCUT2D eigenvalue weighted by Crippen LogP contribution is -2.29. The zero-order chi connectivity index (χ0) is 13.5. The van der Waals surface area contributed by atoms with E-state index >= 15 is 0 Å². The summed E-state index contributed by atoms with van der Waals surface area (Å²) in [6.07, 6.45) is 1.93. The minimum absolute atomic E-state index is 0.240. The predicted molar refractivity (Wildman–Crippen MR) is 77.9 cm³/mol. The van der Waals surface area contributed by atoms with Crippen LogP contribution in [0.15, 0.2) is 14.3 Å². The van der Waals surface area contributed by atoms with E-state index in [2.05, 4.69) is 37.2 Å². The van der Waals surface area contributed by atoms with Crippen molar-refractivity contribution in [1.82, 2.24) is 5.32 Å². The van der Waals surface area contributed by atoms with Gasteiger partial charge in [-0.1, -0.05) is 13.3 Å². The van der Waals surface area contributed by atoms with Gasteiger partial charge < -0.3 is 10.1 Å². The second kappa shape index (κ2) is 7.91. The van der Waals surface area contributed by atoms with Crippen LogP contribution in [-0.4, -0.2) is 25.0 Å². The number of unbranched alkanes of at least 4 members (excludes halogenated alkanes) is 1. The molecular weight excluding hydrogens is 386 g/mol. The number of amides is 1. The highest BCUT2D eigenvalue weighted by Gasteiger charge is 2.14. The summed E-state index contributed by atoms with van der Waals surface area (Å²) < 4.78 is 6.53. The van der Waals surface area contributed by atoms with Crippen LogP contribution < -0.4 is 5.32 Å². The van der Waals surface area contributed by atoms with Gasteiger partial charge in [-0.15, -0.1) is 11.3 Å². The SMILES string of the molecule is CCCCNC(=O)COC(=O)c1cc(Br)c(Br)s1. The molecule has 0 aliphatic rings. The second-order valence-electron chi connectivity index (χ2n) is 3.51. The van der Waals surface area contributed by atoms with E-state index in [1.165, 1.54) is 11.3 Å². The Morgan fingerprint density at radius 3 is 2.72 bits per heavy atom. The number of hydrogen-bond donors (Lipinski definition) is 1. The van der Waals surface area contributed by atoms with E-state index in [4.69, 9.17) is 4.74 Å². The molecule has 4 nitrogen and oxygen atoms in total. The molecule has 18 heavy (non-hydrogen) atoms. The van der Waals surface area contributed by atoms with Crippen LogP contribution in [0.2, 0.25) is 0 Å². The second-order valence-corrected chi connectivity index (χ2v) is 6.74. The first-order valence-electron chi connectivity index (χ1n) is 5.43. The van der Waals surface area contributed by atoms with Gasteiger partial charge in [-0.25, -0.2) is 4.79 Å². The molecule has 0 aliphatic heterocycles. The van der Waals surface area contributed by atoms with Gasteiger partial charge >= 0.3 is 5.97 Å². The third kappa shape index (κ3) is 5.07. The molecule has 0 aliphatic carbocycles. The Labute approximate surface area is 126 Å². The van der Waals surface area contributed by atoms with Crippen molar-refractivity contribution in [2.45, 2.75) is 19.8 Å². The van der Waals surface area contributed by atoms with Crippen molar-refractivity contribution in [1.29, 1.82) is 0 Å². The largest absolute Gasteiger partial charge is 0.451 e. The van der Waals surface area contributed by atoms with Gasteiger partial charge in [0.25, 0.3) is 5.91 Å². The Balaban J connectivity index is 2.35. The maximum absolute atomic E-state index is 11.6. The van der Waals surface area contributed by atoms with Crippen LogP contribution in [0.25, 0.3) is 0 Å². The molecule has 100 valence electrons. The van der Waals surface area contributed by atoms with Crippen LogP contribution in [0.5, 0.6) is 0 Å². The highest BCUT2D eigenvalue weighted by molar-refractivity contribution is 9.13. The third-order valence-corrected chi connectivity index (χ3v) is 5.27. The first kappa shape index (κ1) is 15.7. The standard InChI is InChI=1S/C11H13Br2NO3S/c1-2-3-4-14-9(15)6-17-11(16)8-5-7(12)10(13)18-8/h5H,2-4,6H2,1H3,(H,14,15). The number of carbonyl (C=O) groups excluding carboxylic acids is 2. The monoisotopic (exact) mass is 397 g/mol. The molecule has 1 heterocycles. The molecule has 0 spiro atoms.